The zero-order chi connectivity index (χ0) is 14.4. The number of carboxylic acids is 1. The van der Waals surface area contributed by atoms with Crippen LogP contribution in [0.15, 0.2) is 22.7 Å². The molecule has 1 amide bonds. The molecule has 0 saturated heterocycles. The highest BCUT2D eigenvalue weighted by atomic mass is 79.9. The predicted octanol–water partition coefficient (Wildman–Crippen LogP) is 2.41. The molecule has 0 aromatic heterocycles. The van der Waals surface area contributed by atoms with Crippen LogP contribution in [0.4, 0.5) is 4.39 Å². The number of carboxylic acid groups (broad SMARTS) is 1. The van der Waals surface area contributed by atoms with E-state index in [2.05, 4.69) is 21.2 Å². The van der Waals surface area contributed by atoms with Gasteiger partial charge >= 0.3 is 5.97 Å². The highest BCUT2D eigenvalue weighted by Gasteiger charge is 2.18. The Kier molecular flexibility index (Phi) is 6.30. The molecule has 19 heavy (non-hydrogen) atoms. The van der Waals surface area contributed by atoms with Gasteiger partial charge in [0.1, 0.15) is 11.9 Å². The Morgan fingerprint density at radius 3 is 2.68 bits per heavy atom. The van der Waals surface area contributed by atoms with E-state index in [0.717, 1.165) is 5.56 Å². The summed E-state index contributed by atoms with van der Waals surface area (Å²) in [4.78, 5) is 21.7. The standard InChI is InChI=1S/C12H13BrFNO3S/c1-7(16)15-11(12(17)18)6-19-5-8-2-9(13)4-10(14)3-8/h2-4,11H,5-6H2,1H3,(H,15,16)(H,17,18). The minimum atomic E-state index is -1.08. The van der Waals surface area contributed by atoms with Crippen LogP contribution >= 0.6 is 27.7 Å². The minimum Gasteiger partial charge on any atom is -0.480 e. The van der Waals surface area contributed by atoms with Crippen molar-refractivity contribution < 1.29 is 19.1 Å². The summed E-state index contributed by atoms with van der Waals surface area (Å²) >= 11 is 4.51. The van der Waals surface area contributed by atoms with Gasteiger partial charge in [-0.2, -0.15) is 11.8 Å². The molecule has 0 radical (unpaired) electrons. The lowest BCUT2D eigenvalue weighted by Crippen LogP contribution is -2.41. The molecular weight excluding hydrogens is 337 g/mol. The van der Waals surface area contributed by atoms with Crippen molar-refractivity contribution in [1.82, 2.24) is 5.32 Å². The molecule has 0 heterocycles. The average Bonchev–Trinajstić information content (AvgIpc) is 2.25. The number of nitrogens with one attached hydrogen (secondary N) is 1. The number of hydrogen-bond acceptors (Lipinski definition) is 3. The number of aliphatic carboxylic acids is 1. The van der Waals surface area contributed by atoms with E-state index < -0.39 is 12.0 Å². The Morgan fingerprint density at radius 2 is 2.16 bits per heavy atom. The maximum atomic E-state index is 13.1. The van der Waals surface area contributed by atoms with Gasteiger partial charge in [0, 0.05) is 22.9 Å². The molecule has 1 atom stereocenters. The van der Waals surface area contributed by atoms with E-state index in [0.29, 0.717) is 10.2 Å². The van der Waals surface area contributed by atoms with E-state index in [1.54, 1.807) is 6.07 Å². The van der Waals surface area contributed by atoms with Crippen LogP contribution in [0.5, 0.6) is 0 Å². The molecule has 7 heteroatoms. The number of carbonyl (C=O) groups is 2. The van der Waals surface area contributed by atoms with Gasteiger partial charge in [0.25, 0.3) is 0 Å². The van der Waals surface area contributed by atoms with Crippen molar-refractivity contribution in [3.63, 3.8) is 0 Å². The topological polar surface area (TPSA) is 66.4 Å². The van der Waals surface area contributed by atoms with Crippen molar-refractivity contribution >= 4 is 39.6 Å². The summed E-state index contributed by atoms with van der Waals surface area (Å²) in [5, 5.41) is 11.3. The van der Waals surface area contributed by atoms with E-state index in [1.165, 1.54) is 30.8 Å². The minimum absolute atomic E-state index is 0.225. The smallest absolute Gasteiger partial charge is 0.327 e. The van der Waals surface area contributed by atoms with Gasteiger partial charge in [0.15, 0.2) is 0 Å². The largest absolute Gasteiger partial charge is 0.480 e. The lowest BCUT2D eigenvalue weighted by molar-refractivity contribution is -0.140. The number of rotatable bonds is 6. The summed E-state index contributed by atoms with van der Waals surface area (Å²) in [5.74, 6) is -1.12. The molecule has 0 aliphatic rings. The van der Waals surface area contributed by atoms with Gasteiger partial charge in [-0.3, -0.25) is 4.79 Å². The second-order valence-corrected chi connectivity index (χ2v) is 5.83. The van der Waals surface area contributed by atoms with Crippen molar-refractivity contribution in [2.24, 2.45) is 0 Å². The Hall–Kier alpha value is -1.08. The van der Waals surface area contributed by atoms with Crippen molar-refractivity contribution in [3.8, 4) is 0 Å². The Morgan fingerprint density at radius 1 is 1.47 bits per heavy atom. The van der Waals surface area contributed by atoms with Gasteiger partial charge in [0.05, 0.1) is 0 Å². The van der Waals surface area contributed by atoms with Gasteiger partial charge in [-0.25, -0.2) is 9.18 Å². The van der Waals surface area contributed by atoms with E-state index in [-0.39, 0.29) is 17.5 Å². The van der Waals surface area contributed by atoms with Crippen LogP contribution in [-0.2, 0) is 15.3 Å². The molecule has 0 aliphatic carbocycles. The third-order valence-corrected chi connectivity index (χ3v) is 3.72. The van der Waals surface area contributed by atoms with Crippen molar-refractivity contribution in [3.05, 3.63) is 34.1 Å². The highest BCUT2D eigenvalue weighted by Crippen LogP contribution is 2.19. The number of benzene rings is 1. The van der Waals surface area contributed by atoms with E-state index in [1.807, 2.05) is 0 Å². The Labute approximate surface area is 122 Å². The zero-order valence-corrected chi connectivity index (χ0v) is 12.6. The molecule has 2 N–H and O–H groups in total. The predicted molar refractivity (Wildman–Crippen MR) is 75.5 cm³/mol. The Balaban J connectivity index is 2.51. The summed E-state index contributed by atoms with van der Waals surface area (Å²) in [6.45, 7) is 1.27. The van der Waals surface area contributed by atoms with Crippen LogP contribution in [0.2, 0.25) is 0 Å². The third kappa shape index (κ3) is 6.07. The molecule has 104 valence electrons. The van der Waals surface area contributed by atoms with E-state index >= 15 is 0 Å². The summed E-state index contributed by atoms with van der Waals surface area (Å²) in [6.07, 6.45) is 0. The fourth-order valence-corrected chi connectivity index (χ4v) is 2.90. The molecule has 1 aromatic carbocycles. The first-order chi connectivity index (χ1) is 8.88. The monoisotopic (exact) mass is 349 g/mol. The van der Waals surface area contributed by atoms with Crippen LogP contribution in [0.25, 0.3) is 0 Å². The van der Waals surface area contributed by atoms with Gasteiger partial charge in [-0.1, -0.05) is 15.9 Å². The molecule has 0 spiro atoms. The zero-order valence-electron chi connectivity index (χ0n) is 10.2. The van der Waals surface area contributed by atoms with Gasteiger partial charge in [-0.15, -0.1) is 0 Å². The second-order valence-electron chi connectivity index (χ2n) is 3.88. The lowest BCUT2D eigenvalue weighted by Gasteiger charge is -2.12. The number of hydrogen-bond donors (Lipinski definition) is 2. The number of thioether (sulfide) groups is 1. The average molecular weight is 350 g/mol. The Bertz CT molecular complexity index is 464. The van der Waals surface area contributed by atoms with Gasteiger partial charge < -0.3 is 10.4 Å². The molecule has 1 rings (SSSR count). The summed E-state index contributed by atoms with van der Waals surface area (Å²) < 4.78 is 13.8. The lowest BCUT2D eigenvalue weighted by atomic mass is 10.2. The first-order valence-corrected chi connectivity index (χ1v) is 7.36. The van der Waals surface area contributed by atoms with Crippen LogP contribution in [0.1, 0.15) is 12.5 Å². The maximum absolute atomic E-state index is 13.1. The number of halogens is 2. The first-order valence-electron chi connectivity index (χ1n) is 5.41. The van der Waals surface area contributed by atoms with Crippen LogP contribution < -0.4 is 5.32 Å². The summed E-state index contributed by atoms with van der Waals surface area (Å²) in [5.41, 5.74) is 0.754. The highest BCUT2D eigenvalue weighted by molar-refractivity contribution is 9.10. The molecule has 0 aliphatic heterocycles. The SMILES string of the molecule is CC(=O)NC(CSCc1cc(F)cc(Br)c1)C(=O)O. The molecule has 0 fully saturated rings. The van der Waals surface area contributed by atoms with Crippen molar-refractivity contribution in [1.29, 1.82) is 0 Å². The summed E-state index contributed by atoms with van der Waals surface area (Å²) in [6, 6.07) is 3.58. The van der Waals surface area contributed by atoms with Crippen molar-refractivity contribution in [2.75, 3.05) is 5.75 Å². The molecular formula is C12H13BrFNO3S. The fraction of sp³-hybridized carbons (Fsp3) is 0.333. The molecule has 0 bridgehead atoms. The summed E-state index contributed by atoms with van der Waals surface area (Å²) in [7, 11) is 0. The van der Waals surface area contributed by atoms with Crippen LogP contribution in [0, 0.1) is 5.82 Å². The van der Waals surface area contributed by atoms with E-state index in [9.17, 15) is 14.0 Å². The quantitative estimate of drug-likeness (QED) is 0.827. The molecule has 1 unspecified atom stereocenters. The first kappa shape index (κ1) is 16.0. The van der Waals surface area contributed by atoms with Gasteiger partial charge in [-0.05, 0) is 23.8 Å². The maximum Gasteiger partial charge on any atom is 0.327 e. The van der Waals surface area contributed by atoms with Crippen molar-refractivity contribution in [2.45, 2.75) is 18.7 Å². The second kappa shape index (κ2) is 7.49. The fourth-order valence-electron chi connectivity index (χ4n) is 1.41. The third-order valence-electron chi connectivity index (χ3n) is 2.15. The normalized spacial score (nSPS) is 11.9. The number of amides is 1. The van der Waals surface area contributed by atoms with Gasteiger partial charge in [0.2, 0.25) is 5.91 Å². The van der Waals surface area contributed by atoms with Crippen LogP contribution in [-0.4, -0.2) is 28.8 Å². The molecule has 1 aromatic rings. The number of carbonyl (C=O) groups excluding carboxylic acids is 1. The molecule has 4 nitrogen and oxygen atoms in total. The molecule has 0 saturated carbocycles. The van der Waals surface area contributed by atoms with E-state index in [4.69, 9.17) is 5.11 Å². The van der Waals surface area contributed by atoms with Crippen LogP contribution in [0.3, 0.4) is 0 Å².